The van der Waals surface area contributed by atoms with E-state index >= 15 is 0 Å². The van der Waals surface area contributed by atoms with Gasteiger partial charge in [-0.1, -0.05) is 18.2 Å². The summed E-state index contributed by atoms with van der Waals surface area (Å²) in [4.78, 5) is 16.0. The SMILES string of the molecule is Cc1cc(NC(=O)OC(C)C)c2ccccc2n1. The molecular formula is C14H16N2O2. The van der Waals surface area contributed by atoms with Crippen LogP contribution in [0.5, 0.6) is 0 Å². The second-order valence-electron chi connectivity index (χ2n) is 4.41. The van der Waals surface area contributed by atoms with Gasteiger partial charge in [-0.3, -0.25) is 10.3 Å². The number of para-hydroxylation sites is 1. The lowest BCUT2D eigenvalue weighted by Gasteiger charge is -2.11. The van der Waals surface area contributed by atoms with Crippen LogP contribution in [0.2, 0.25) is 0 Å². The van der Waals surface area contributed by atoms with Gasteiger partial charge in [-0.25, -0.2) is 4.79 Å². The molecule has 1 N–H and O–H groups in total. The lowest BCUT2D eigenvalue weighted by atomic mass is 10.1. The van der Waals surface area contributed by atoms with Gasteiger partial charge in [-0.05, 0) is 32.9 Å². The molecule has 2 rings (SSSR count). The van der Waals surface area contributed by atoms with Crippen molar-refractivity contribution in [2.24, 2.45) is 0 Å². The predicted molar refractivity (Wildman–Crippen MR) is 71.7 cm³/mol. The Hall–Kier alpha value is -2.10. The van der Waals surface area contributed by atoms with Crippen molar-refractivity contribution in [1.82, 2.24) is 4.98 Å². The van der Waals surface area contributed by atoms with Crippen molar-refractivity contribution in [3.63, 3.8) is 0 Å². The first-order chi connectivity index (χ1) is 8.56. The molecule has 0 unspecified atom stereocenters. The quantitative estimate of drug-likeness (QED) is 0.879. The molecule has 94 valence electrons. The fourth-order valence-corrected chi connectivity index (χ4v) is 1.76. The van der Waals surface area contributed by atoms with E-state index in [2.05, 4.69) is 10.3 Å². The first-order valence-corrected chi connectivity index (χ1v) is 5.90. The highest BCUT2D eigenvalue weighted by Gasteiger charge is 2.09. The minimum absolute atomic E-state index is 0.140. The molecule has 18 heavy (non-hydrogen) atoms. The highest BCUT2D eigenvalue weighted by Crippen LogP contribution is 2.23. The highest BCUT2D eigenvalue weighted by atomic mass is 16.6. The first kappa shape index (κ1) is 12.4. The number of rotatable bonds is 2. The highest BCUT2D eigenvalue weighted by molar-refractivity contribution is 5.98. The Kier molecular flexibility index (Phi) is 3.46. The molecule has 1 amide bonds. The Balaban J connectivity index is 2.35. The number of fused-ring (bicyclic) bond motifs is 1. The Morgan fingerprint density at radius 1 is 1.33 bits per heavy atom. The number of nitrogens with zero attached hydrogens (tertiary/aromatic N) is 1. The molecule has 4 heteroatoms. The summed E-state index contributed by atoms with van der Waals surface area (Å²) < 4.78 is 5.07. The molecule has 0 aliphatic carbocycles. The van der Waals surface area contributed by atoms with Crippen LogP contribution in [0.3, 0.4) is 0 Å². The summed E-state index contributed by atoms with van der Waals surface area (Å²) in [6.45, 7) is 5.52. The van der Waals surface area contributed by atoms with Gasteiger partial charge in [0.15, 0.2) is 0 Å². The Bertz CT molecular complexity index is 579. The number of hydrogen-bond donors (Lipinski definition) is 1. The number of hydrogen-bond acceptors (Lipinski definition) is 3. The van der Waals surface area contributed by atoms with Gasteiger partial charge in [0, 0.05) is 11.1 Å². The van der Waals surface area contributed by atoms with Crippen LogP contribution in [0.25, 0.3) is 10.9 Å². The molecule has 0 bridgehead atoms. The van der Waals surface area contributed by atoms with Gasteiger partial charge >= 0.3 is 6.09 Å². The maximum Gasteiger partial charge on any atom is 0.411 e. The molecule has 0 atom stereocenters. The lowest BCUT2D eigenvalue weighted by molar-refractivity contribution is 0.130. The maximum absolute atomic E-state index is 11.6. The molecule has 0 radical (unpaired) electrons. The van der Waals surface area contributed by atoms with Crippen LogP contribution in [0.15, 0.2) is 30.3 Å². The van der Waals surface area contributed by atoms with Crippen LogP contribution in [0.4, 0.5) is 10.5 Å². The van der Waals surface area contributed by atoms with Crippen LogP contribution in [0.1, 0.15) is 19.5 Å². The van der Waals surface area contributed by atoms with Gasteiger partial charge in [0.25, 0.3) is 0 Å². The van der Waals surface area contributed by atoms with Crippen molar-refractivity contribution in [2.75, 3.05) is 5.32 Å². The van der Waals surface area contributed by atoms with E-state index in [1.807, 2.05) is 51.1 Å². The molecule has 1 aromatic heterocycles. The number of aromatic nitrogens is 1. The number of amides is 1. The number of nitrogens with one attached hydrogen (secondary N) is 1. The number of ether oxygens (including phenoxy) is 1. The minimum Gasteiger partial charge on any atom is -0.447 e. The zero-order valence-electron chi connectivity index (χ0n) is 10.7. The third-order valence-electron chi connectivity index (χ3n) is 2.42. The summed E-state index contributed by atoms with van der Waals surface area (Å²) >= 11 is 0. The summed E-state index contributed by atoms with van der Waals surface area (Å²) in [5.41, 5.74) is 2.44. The molecule has 0 fully saturated rings. The van der Waals surface area contributed by atoms with Crippen LogP contribution in [0, 0.1) is 6.92 Å². The molecule has 1 heterocycles. The normalized spacial score (nSPS) is 10.7. The van der Waals surface area contributed by atoms with Gasteiger partial charge in [0.05, 0.1) is 17.3 Å². The van der Waals surface area contributed by atoms with Crippen LogP contribution in [-0.2, 0) is 4.74 Å². The molecule has 2 aromatic rings. The molecule has 0 saturated heterocycles. The fraction of sp³-hybridized carbons (Fsp3) is 0.286. The van der Waals surface area contributed by atoms with E-state index in [0.29, 0.717) is 0 Å². The predicted octanol–water partition coefficient (Wildman–Crippen LogP) is 3.50. The summed E-state index contributed by atoms with van der Waals surface area (Å²) in [6, 6.07) is 9.52. The van der Waals surface area contributed by atoms with E-state index in [0.717, 1.165) is 22.3 Å². The zero-order chi connectivity index (χ0) is 13.1. The monoisotopic (exact) mass is 244 g/mol. The summed E-state index contributed by atoms with van der Waals surface area (Å²) in [5.74, 6) is 0. The third kappa shape index (κ3) is 2.77. The number of anilines is 1. The standard InChI is InChI=1S/C14H16N2O2/c1-9(2)18-14(17)16-13-8-10(3)15-12-7-5-4-6-11(12)13/h4-9H,1-3H3,(H,15,16,17). The Morgan fingerprint density at radius 2 is 2.06 bits per heavy atom. The van der Waals surface area contributed by atoms with E-state index in [1.54, 1.807) is 0 Å². The van der Waals surface area contributed by atoms with Crippen LogP contribution < -0.4 is 5.32 Å². The van der Waals surface area contributed by atoms with Crippen molar-refractivity contribution in [2.45, 2.75) is 26.9 Å². The summed E-state index contributed by atoms with van der Waals surface area (Å²) in [6.07, 6.45) is -0.583. The fourth-order valence-electron chi connectivity index (χ4n) is 1.76. The van der Waals surface area contributed by atoms with Gasteiger partial charge in [0.1, 0.15) is 0 Å². The van der Waals surface area contributed by atoms with Gasteiger partial charge in [0.2, 0.25) is 0 Å². The lowest BCUT2D eigenvalue weighted by Crippen LogP contribution is -2.18. The van der Waals surface area contributed by atoms with Crippen molar-refractivity contribution in [3.8, 4) is 0 Å². The van der Waals surface area contributed by atoms with Crippen molar-refractivity contribution < 1.29 is 9.53 Å². The minimum atomic E-state index is -0.444. The summed E-state index contributed by atoms with van der Waals surface area (Å²) in [7, 11) is 0. The smallest absolute Gasteiger partial charge is 0.411 e. The molecular weight excluding hydrogens is 228 g/mol. The van der Waals surface area contributed by atoms with E-state index in [-0.39, 0.29) is 6.10 Å². The third-order valence-corrected chi connectivity index (χ3v) is 2.42. The van der Waals surface area contributed by atoms with Gasteiger partial charge in [-0.15, -0.1) is 0 Å². The molecule has 0 aliphatic rings. The van der Waals surface area contributed by atoms with E-state index < -0.39 is 6.09 Å². The molecule has 1 aromatic carbocycles. The van der Waals surface area contributed by atoms with Gasteiger partial charge in [-0.2, -0.15) is 0 Å². The van der Waals surface area contributed by atoms with E-state index in [4.69, 9.17) is 4.74 Å². The number of aryl methyl sites for hydroxylation is 1. The molecule has 0 saturated carbocycles. The molecule has 4 nitrogen and oxygen atoms in total. The van der Waals surface area contributed by atoms with E-state index in [9.17, 15) is 4.79 Å². The Morgan fingerprint density at radius 3 is 2.78 bits per heavy atom. The zero-order valence-corrected chi connectivity index (χ0v) is 10.7. The second-order valence-corrected chi connectivity index (χ2v) is 4.41. The topological polar surface area (TPSA) is 51.2 Å². The second kappa shape index (κ2) is 5.04. The summed E-state index contributed by atoms with van der Waals surface area (Å²) in [5, 5.41) is 3.66. The maximum atomic E-state index is 11.6. The number of pyridine rings is 1. The first-order valence-electron chi connectivity index (χ1n) is 5.90. The molecule has 0 aliphatic heterocycles. The van der Waals surface area contributed by atoms with Crippen molar-refractivity contribution >= 4 is 22.7 Å². The van der Waals surface area contributed by atoms with Crippen molar-refractivity contribution in [1.29, 1.82) is 0 Å². The van der Waals surface area contributed by atoms with E-state index in [1.165, 1.54) is 0 Å². The van der Waals surface area contributed by atoms with Gasteiger partial charge < -0.3 is 4.74 Å². The van der Waals surface area contributed by atoms with Crippen LogP contribution >= 0.6 is 0 Å². The number of carbonyl (C=O) groups is 1. The molecule has 0 spiro atoms. The van der Waals surface area contributed by atoms with Crippen LogP contribution in [-0.4, -0.2) is 17.2 Å². The van der Waals surface area contributed by atoms with Crippen molar-refractivity contribution in [3.05, 3.63) is 36.0 Å². The average Bonchev–Trinajstić information content (AvgIpc) is 2.27. The Labute approximate surface area is 106 Å². The average molecular weight is 244 g/mol. The number of carbonyl (C=O) groups excluding carboxylic acids is 1. The largest absolute Gasteiger partial charge is 0.447 e. The number of benzene rings is 1.